The molecule has 0 aliphatic carbocycles. The molecule has 0 aliphatic rings. The summed E-state index contributed by atoms with van der Waals surface area (Å²) >= 11 is 0. The van der Waals surface area contributed by atoms with Crippen LogP contribution in [0.4, 0.5) is 4.39 Å². The van der Waals surface area contributed by atoms with Crippen molar-refractivity contribution >= 4 is 0 Å². The summed E-state index contributed by atoms with van der Waals surface area (Å²) in [6, 6.07) is 2.80. The predicted molar refractivity (Wildman–Crippen MR) is 67.6 cm³/mol. The Bertz CT molecular complexity index is 332. The van der Waals surface area contributed by atoms with E-state index in [4.69, 9.17) is 5.11 Å². The van der Waals surface area contributed by atoms with Crippen molar-refractivity contribution in [1.82, 2.24) is 9.88 Å². The fraction of sp³-hybridized carbons (Fsp3) is 0.615. The van der Waals surface area contributed by atoms with Gasteiger partial charge >= 0.3 is 0 Å². The summed E-state index contributed by atoms with van der Waals surface area (Å²) in [5.74, 6) is -0.399. The smallest absolute Gasteiger partial charge is 0.141 e. The summed E-state index contributed by atoms with van der Waals surface area (Å²) in [6.07, 6.45) is 1.73. The molecule has 0 aromatic carbocycles. The number of hydrogen-bond acceptors (Lipinski definition) is 4. The topological polar surface area (TPSA) is 56.6 Å². The number of aliphatic hydroxyl groups is 2. The summed E-state index contributed by atoms with van der Waals surface area (Å²) in [7, 11) is 0. The van der Waals surface area contributed by atoms with Crippen LogP contribution in [-0.2, 0) is 0 Å². The van der Waals surface area contributed by atoms with Crippen LogP contribution in [0.5, 0.6) is 0 Å². The van der Waals surface area contributed by atoms with Crippen LogP contribution in [0.1, 0.15) is 31.6 Å². The molecule has 0 bridgehead atoms. The summed E-state index contributed by atoms with van der Waals surface area (Å²) < 4.78 is 12.7. The van der Waals surface area contributed by atoms with Crippen LogP contribution in [-0.4, -0.2) is 46.3 Å². The van der Waals surface area contributed by atoms with Gasteiger partial charge in [0.25, 0.3) is 0 Å². The summed E-state index contributed by atoms with van der Waals surface area (Å²) in [6.45, 7) is 4.65. The summed E-state index contributed by atoms with van der Waals surface area (Å²) in [5.41, 5.74) is 0.495. The van der Waals surface area contributed by atoms with Gasteiger partial charge in [-0.2, -0.15) is 0 Å². The minimum atomic E-state index is -0.672. The Labute approximate surface area is 107 Å². The van der Waals surface area contributed by atoms with E-state index in [9.17, 15) is 9.50 Å². The van der Waals surface area contributed by atoms with Crippen LogP contribution in [0.2, 0.25) is 0 Å². The molecular weight excluding hydrogens is 235 g/mol. The van der Waals surface area contributed by atoms with Gasteiger partial charge in [0, 0.05) is 19.7 Å². The highest BCUT2D eigenvalue weighted by molar-refractivity contribution is 5.07. The second-order valence-electron chi connectivity index (χ2n) is 4.22. The normalized spacial score (nSPS) is 12.9. The Morgan fingerprint density at radius 1 is 1.39 bits per heavy atom. The van der Waals surface area contributed by atoms with Gasteiger partial charge in [-0.05, 0) is 31.5 Å². The Hall–Kier alpha value is -1.04. The van der Waals surface area contributed by atoms with Crippen LogP contribution in [0.15, 0.2) is 18.3 Å². The van der Waals surface area contributed by atoms with Gasteiger partial charge in [-0.3, -0.25) is 4.98 Å². The second kappa shape index (κ2) is 8.13. The third-order valence-corrected chi connectivity index (χ3v) is 2.89. The van der Waals surface area contributed by atoms with Crippen LogP contribution >= 0.6 is 0 Å². The Kier molecular flexibility index (Phi) is 6.78. The van der Waals surface area contributed by atoms with E-state index in [1.54, 1.807) is 0 Å². The van der Waals surface area contributed by atoms with Gasteiger partial charge in [-0.25, -0.2) is 4.39 Å². The van der Waals surface area contributed by atoms with Crippen LogP contribution in [0.3, 0.4) is 0 Å². The van der Waals surface area contributed by atoms with Gasteiger partial charge in [0.1, 0.15) is 5.82 Å². The molecule has 1 rings (SSSR count). The molecule has 1 atom stereocenters. The molecule has 102 valence electrons. The van der Waals surface area contributed by atoms with E-state index in [-0.39, 0.29) is 6.61 Å². The Balaban J connectivity index is 2.39. The van der Waals surface area contributed by atoms with E-state index in [1.165, 1.54) is 12.1 Å². The molecule has 2 N–H and O–H groups in total. The first-order valence-electron chi connectivity index (χ1n) is 6.30. The Morgan fingerprint density at radius 2 is 2.17 bits per heavy atom. The van der Waals surface area contributed by atoms with Gasteiger partial charge < -0.3 is 15.1 Å². The minimum Gasteiger partial charge on any atom is -0.396 e. The first-order chi connectivity index (χ1) is 8.67. The highest BCUT2D eigenvalue weighted by Gasteiger charge is 2.11. The number of aliphatic hydroxyl groups excluding tert-OH is 2. The molecule has 4 nitrogen and oxygen atoms in total. The lowest BCUT2D eigenvalue weighted by Gasteiger charge is -2.21. The van der Waals surface area contributed by atoms with E-state index in [1.807, 2.05) is 6.92 Å². The third-order valence-electron chi connectivity index (χ3n) is 2.89. The number of rotatable bonds is 8. The van der Waals surface area contributed by atoms with Gasteiger partial charge in [0.2, 0.25) is 0 Å². The second-order valence-corrected chi connectivity index (χ2v) is 4.22. The minimum absolute atomic E-state index is 0.179. The average molecular weight is 256 g/mol. The highest BCUT2D eigenvalue weighted by atomic mass is 19.1. The number of halogens is 1. The van der Waals surface area contributed by atoms with E-state index in [2.05, 4.69) is 9.88 Å². The molecule has 1 unspecified atom stereocenters. The molecule has 1 aromatic heterocycles. The van der Waals surface area contributed by atoms with Gasteiger partial charge in [0.05, 0.1) is 18.0 Å². The summed E-state index contributed by atoms with van der Waals surface area (Å²) in [5, 5.41) is 18.7. The van der Waals surface area contributed by atoms with E-state index in [0.717, 1.165) is 32.3 Å². The fourth-order valence-corrected chi connectivity index (χ4v) is 1.76. The molecule has 5 heteroatoms. The van der Waals surface area contributed by atoms with Gasteiger partial charge in [0.15, 0.2) is 0 Å². The summed E-state index contributed by atoms with van der Waals surface area (Å²) in [4.78, 5) is 6.02. The zero-order valence-corrected chi connectivity index (χ0v) is 10.7. The molecule has 0 spiro atoms. The number of aromatic nitrogens is 1. The molecule has 0 aliphatic heterocycles. The van der Waals surface area contributed by atoms with Crippen LogP contribution in [0, 0.1) is 5.82 Å². The Morgan fingerprint density at radius 3 is 2.72 bits per heavy atom. The molecule has 1 heterocycles. The van der Waals surface area contributed by atoms with Crippen molar-refractivity contribution in [2.24, 2.45) is 0 Å². The maximum Gasteiger partial charge on any atom is 0.141 e. The molecule has 0 amide bonds. The third kappa shape index (κ3) is 5.08. The lowest BCUT2D eigenvalue weighted by molar-refractivity contribution is 0.136. The molecule has 0 radical (unpaired) electrons. The van der Waals surface area contributed by atoms with Crippen molar-refractivity contribution in [3.63, 3.8) is 0 Å². The largest absolute Gasteiger partial charge is 0.396 e. The zero-order chi connectivity index (χ0) is 13.4. The van der Waals surface area contributed by atoms with Crippen molar-refractivity contribution < 1.29 is 14.6 Å². The molecule has 18 heavy (non-hydrogen) atoms. The van der Waals surface area contributed by atoms with Crippen molar-refractivity contribution in [3.8, 4) is 0 Å². The van der Waals surface area contributed by atoms with Crippen LogP contribution < -0.4 is 0 Å². The quantitative estimate of drug-likeness (QED) is 0.737. The van der Waals surface area contributed by atoms with E-state index >= 15 is 0 Å². The van der Waals surface area contributed by atoms with Gasteiger partial charge in [-0.15, -0.1) is 0 Å². The maximum absolute atomic E-state index is 12.7. The molecule has 0 saturated heterocycles. The molecule has 0 saturated carbocycles. The predicted octanol–water partition coefficient (Wildman–Crippen LogP) is 1.35. The van der Waals surface area contributed by atoms with Crippen molar-refractivity contribution in [1.29, 1.82) is 0 Å². The highest BCUT2D eigenvalue weighted by Crippen LogP contribution is 2.14. The van der Waals surface area contributed by atoms with E-state index < -0.39 is 11.9 Å². The molecule has 0 fully saturated rings. The number of hydrogen-bond donors (Lipinski definition) is 2. The lowest BCUT2D eigenvalue weighted by Crippen LogP contribution is -2.27. The first kappa shape index (κ1) is 15.0. The average Bonchev–Trinajstić information content (AvgIpc) is 2.39. The monoisotopic (exact) mass is 256 g/mol. The van der Waals surface area contributed by atoms with Gasteiger partial charge in [-0.1, -0.05) is 6.92 Å². The fourth-order valence-electron chi connectivity index (χ4n) is 1.76. The SMILES string of the molecule is CCN(CCCO)CCC(O)c1ccc(F)cn1. The van der Waals surface area contributed by atoms with E-state index in [0.29, 0.717) is 12.1 Å². The number of nitrogens with zero attached hydrogens (tertiary/aromatic N) is 2. The zero-order valence-electron chi connectivity index (χ0n) is 10.7. The van der Waals surface area contributed by atoms with Crippen LogP contribution in [0.25, 0.3) is 0 Å². The first-order valence-corrected chi connectivity index (χ1v) is 6.30. The molecular formula is C13H21FN2O2. The molecule has 1 aromatic rings. The van der Waals surface area contributed by atoms with Crippen molar-refractivity contribution in [2.45, 2.75) is 25.9 Å². The van der Waals surface area contributed by atoms with Crippen molar-refractivity contribution in [3.05, 3.63) is 29.8 Å². The maximum atomic E-state index is 12.7. The standard InChI is InChI=1S/C13H21FN2O2/c1-2-16(7-3-9-17)8-6-13(18)12-5-4-11(14)10-15-12/h4-5,10,13,17-18H,2-3,6-9H2,1H3. The van der Waals surface area contributed by atoms with Crippen molar-refractivity contribution in [2.75, 3.05) is 26.2 Å². The lowest BCUT2D eigenvalue weighted by atomic mass is 10.1. The number of pyridine rings is 1.